The predicted molar refractivity (Wildman–Crippen MR) is 61.5 cm³/mol. The van der Waals surface area contributed by atoms with Crippen LogP contribution in [0.15, 0.2) is 0 Å². The van der Waals surface area contributed by atoms with E-state index in [0.717, 1.165) is 19.6 Å². The number of carbonyl (C=O) groups excluding carboxylic acids is 1. The topological polar surface area (TPSA) is 49.6 Å². The van der Waals surface area contributed by atoms with E-state index >= 15 is 0 Å². The van der Waals surface area contributed by atoms with E-state index in [4.69, 9.17) is 5.73 Å². The molecule has 4 heteroatoms. The molecule has 0 aliphatic carbocycles. The quantitative estimate of drug-likeness (QED) is 0.722. The lowest BCUT2D eigenvalue weighted by Crippen LogP contribution is -2.43. The zero-order chi connectivity index (χ0) is 11.4. The van der Waals surface area contributed by atoms with E-state index < -0.39 is 0 Å². The van der Waals surface area contributed by atoms with E-state index in [0.29, 0.717) is 12.3 Å². The molecule has 2 atom stereocenters. The summed E-state index contributed by atoms with van der Waals surface area (Å²) in [5, 5.41) is 0. The molecular weight excluding hydrogens is 190 g/mol. The first-order valence-corrected chi connectivity index (χ1v) is 5.73. The van der Waals surface area contributed by atoms with Crippen molar-refractivity contribution in [2.45, 2.75) is 25.8 Å². The Morgan fingerprint density at radius 1 is 1.67 bits per heavy atom. The minimum absolute atomic E-state index is 0.0760. The smallest absolute Gasteiger partial charge is 0.239 e. The Balaban J connectivity index is 2.35. The highest BCUT2D eigenvalue weighted by molar-refractivity contribution is 5.81. The third kappa shape index (κ3) is 3.47. The van der Waals surface area contributed by atoms with Crippen molar-refractivity contribution in [1.82, 2.24) is 9.80 Å². The van der Waals surface area contributed by atoms with Gasteiger partial charge in [0, 0.05) is 20.1 Å². The molecule has 0 aromatic heterocycles. The molecule has 1 heterocycles. The van der Waals surface area contributed by atoms with Gasteiger partial charge in [-0.05, 0) is 32.4 Å². The van der Waals surface area contributed by atoms with Crippen molar-refractivity contribution in [2.24, 2.45) is 11.7 Å². The number of nitrogens with two attached hydrogens (primary N) is 1. The molecule has 1 fully saturated rings. The largest absolute Gasteiger partial charge is 0.344 e. The van der Waals surface area contributed by atoms with Gasteiger partial charge in [-0.1, -0.05) is 6.92 Å². The Labute approximate surface area is 92.4 Å². The van der Waals surface area contributed by atoms with Crippen LogP contribution in [0.3, 0.4) is 0 Å². The van der Waals surface area contributed by atoms with E-state index in [2.05, 4.69) is 11.9 Å². The second-order valence-corrected chi connectivity index (χ2v) is 4.65. The maximum Gasteiger partial charge on any atom is 0.239 e. The number of hydrogen-bond acceptors (Lipinski definition) is 3. The lowest BCUT2D eigenvalue weighted by molar-refractivity contribution is -0.131. The standard InChI is InChI=1S/C11H23N3O/c1-4-10(12)11(15)14(3)8-9-5-6-13(2)7-9/h9-10H,4-8,12H2,1-3H3. The molecule has 0 radical (unpaired) electrons. The van der Waals surface area contributed by atoms with Crippen molar-refractivity contribution in [3.05, 3.63) is 0 Å². The summed E-state index contributed by atoms with van der Waals surface area (Å²) in [6.45, 7) is 5.03. The lowest BCUT2D eigenvalue weighted by atomic mass is 10.1. The lowest BCUT2D eigenvalue weighted by Gasteiger charge is -2.23. The van der Waals surface area contributed by atoms with Crippen LogP contribution in [0.2, 0.25) is 0 Å². The van der Waals surface area contributed by atoms with Crippen LogP contribution in [-0.2, 0) is 4.79 Å². The highest BCUT2D eigenvalue weighted by atomic mass is 16.2. The number of nitrogens with zero attached hydrogens (tertiary/aromatic N) is 2. The summed E-state index contributed by atoms with van der Waals surface area (Å²) in [6, 6.07) is -0.325. The zero-order valence-corrected chi connectivity index (χ0v) is 10.1. The van der Waals surface area contributed by atoms with E-state index in [1.165, 1.54) is 6.42 Å². The second-order valence-electron chi connectivity index (χ2n) is 4.65. The Morgan fingerprint density at radius 3 is 2.80 bits per heavy atom. The number of rotatable bonds is 4. The summed E-state index contributed by atoms with van der Waals surface area (Å²) in [7, 11) is 3.98. The summed E-state index contributed by atoms with van der Waals surface area (Å²) in [6.07, 6.45) is 1.91. The minimum atomic E-state index is -0.325. The van der Waals surface area contributed by atoms with Gasteiger partial charge in [0.25, 0.3) is 0 Å². The maximum absolute atomic E-state index is 11.7. The van der Waals surface area contributed by atoms with Crippen LogP contribution >= 0.6 is 0 Å². The fraction of sp³-hybridized carbons (Fsp3) is 0.909. The highest BCUT2D eigenvalue weighted by Gasteiger charge is 2.24. The van der Waals surface area contributed by atoms with Crippen LogP contribution in [-0.4, -0.2) is 55.5 Å². The molecule has 1 saturated heterocycles. The van der Waals surface area contributed by atoms with E-state index in [9.17, 15) is 4.79 Å². The van der Waals surface area contributed by atoms with Crippen molar-refractivity contribution in [3.63, 3.8) is 0 Å². The van der Waals surface area contributed by atoms with Gasteiger partial charge in [-0.15, -0.1) is 0 Å². The van der Waals surface area contributed by atoms with Gasteiger partial charge in [-0.25, -0.2) is 0 Å². The summed E-state index contributed by atoms with van der Waals surface area (Å²) in [5.74, 6) is 0.694. The molecule has 0 spiro atoms. The van der Waals surface area contributed by atoms with Crippen LogP contribution < -0.4 is 5.73 Å². The van der Waals surface area contributed by atoms with E-state index in [1.807, 2.05) is 14.0 Å². The van der Waals surface area contributed by atoms with Gasteiger partial charge in [0.1, 0.15) is 0 Å². The Kier molecular flexibility index (Phi) is 4.54. The van der Waals surface area contributed by atoms with Gasteiger partial charge in [0.15, 0.2) is 0 Å². The first-order valence-electron chi connectivity index (χ1n) is 5.73. The normalized spacial score (nSPS) is 24.1. The monoisotopic (exact) mass is 213 g/mol. The molecule has 4 nitrogen and oxygen atoms in total. The molecule has 0 aromatic carbocycles. The third-order valence-corrected chi connectivity index (χ3v) is 3.15. The molecular formula is C11H23N3O. The molecule has 2 unspecified atom stereocenters. The maximum atomic E-state index is 11.7. The molecule has 1 amide bonds. The molecule has 1 aliphatic heterocycles. The summed E-state index contributed by atoms with van der Waals surface area (Å²) in [5.41, 5.74) is 5.72. The van der Waals surface area contributed by atoms with Crippen LogP contribution in [0, 0.1) is 5.92 Å². The molecule has 1 aliphatic rings. The molecule has 15 heavy (non-hydrogen) atoms. The van der Waals surface area contributed by atoms with Crippen molar-refractivity contribution < 1.29 is 4.79 Å². The van der Waals surface area contributed by atoms with Crippen molar-refractivity contribution in [2.75, 3.05) is 33.7 Å². The molecule has 88 valence electrons. The number of amides is 1. The van der Waals surface area contributed by atoms with Crippen molar-refractivity contribution in [3.8, 4) is 0 Å². The third-order valence-electron chi connectivity index (χ3n) is 3.15. The van der Waals surface area contributed by atoms with Gasteiger partial charge in [-0.3, -0.25) is 4.79 Å². The summed E-state index contributed by atoms with van der Waals surface area (Å²) >= 11 is 0. The number of carbonyl (C=O) groups is 1. The molecule has 0 saturated carbocycles. The summed E-state index contributed by atoms with van der Waals surface area (Å²) < 4.78 is 0. The predicted octanol–water partition coefficient (Wildman–Crippen LogP) is 0.134. The van der Waals surface area contributed by atoms with Gasteiger partial charge >= 0.3 is 0 Å². The Bertz CT molecular complexity index is 220. The zero-order valence-electron chi connectivity index (χ0n) is 10.1. The van der Waals surface area contributed by atoms with Crippen LogP contribution in [0.25, 0.3) is 0 Å². The first-order chi connectivity index (χ1) is 7.04. The van der Waals surface area contributed by atoms with Gasteiger partial charge in [-0.2, -0.15) is 0 Å². The Morgan fingerprint density at radius 2 is 2.33 bits per heavy atom. The summed E-state index contributed by atoms with van der Waals surface area (Å²) in [4.78, 5) is 15.8. The van der Waals surface area contributed by atoms with Gasteiger partial charge in [0.05, 0.1) is 6.04 Å². The molecule has 2 N–H and O–H groups in total. The number of hydrogen-bond donors (Lipinski definition) is 1. The van der Waals surface area contributed by atoms with Crippen LogP contribution in [0.5, 0.6) is 0 Å². The fourth-order valence-electron chi connectivity index (χ4n) is 2.11. The molecule has 0 aromatic rings. The van der Waals surface area contributed by atoms with Crippen molar-refractivity contribution in [1.29, 1.82) is 0 Å². The minimum Gasteiger partial charge on any atom is -0.344 e. The van der Waals surface area contributed by atoms with Crippen LogP contribution in [0.4, 0.5) is 0 Å². The van der Waals surface area contributed by atoms with E-state index in [1.54, 1.807) is 4.90 Å². The first kappa shape index (κ1) is 12.5. The fourth-order valence-corrected chi connectivity index (χ4v) is 2.11. The van der Waals surface area contributed by atoms with Crippen LogP contribution in [0.1, 0.15) is 19.8 Å². The average molecular weight is 213 g/mol. The Hall–Kier alpha value is -0.610. The second kappa shape index (κ2) is 5.47. The number of likely N-dealkylation sites (tertiary alicyclic amines) is 1. The SMILES string of the molecule is CCC(N)C(=O)N(C)CC1CCN(C)C1. The molecule has 0 bridgehead atoms. The average Bonchev–Trinajstić information content (AvgIpc) is 2.61. The van der Waals surface area contributed by atoms with Gasteiger partial charge < -0.3 is 15.5 Å². The number of likely N-dealkylation sites (N-methyl/N-ethyl adjacent to an activating group) is 1. The van der Waals surface area contributed by atoms with E-state index in [-0.39, 0.29) is 11.9 Å². The molecule has 1 rings (SSSR count). The van der Waals surface area contributed by atoms with Gasteiger partial charge in [0.2, 0.25) is 5.91 Å². The van der Waals surface area contributed by atoms with Crippen molar-refractivity contribution >= 4 is 5.91 Å². The highest BCUT2D eigenvalue weighted by Crippen LogP contribution is 2.15.